The third-order valence-corrected chi connectivity index (χ3v) is 6.07. The molecule has 1 aliphatic heterocycles. The number of hydrogen-bond acceptors (Lipinski definition) is 6. The number of carbonyl (C=O) groups excluding carboxylic acids is 2. The number of alkyl halides is 2. The number of rotatable bonds is 9. The Bertz CT molecular complexity index is 817. The summed E-state index contributed by atoms with van der Waals surface area (Å²) in [6.07, 6.45) is 5.41. The lowest BCUT2D eigenvalue weighted by Gasteiger charge is -2.41. The summed E-state index contributed by atoms with van der Waals surface area (Å²) in [4.78, 5) is 28.7. The molecule has 3 fully saturated rings. The zero-order valence-electron chi connectivity index (χ0n) is 17.3. The number of nitrogens with one attached hydrogen (secondary N) is 1. The maximum atomic E-state index is 13.0. The van der Waals surface area contributed by atoms with Crippen LogP contribution < -0.4 is 20.7 Å². The number of hydrogen-bond donors (Lipinski definition) is 2. The van der Waals surface area contributed by atoms with Gasteiger partial charge in [-0.3, -0.25) is 14.5 Å². The van der Waals surface area contributed by atoms with Crippen molar-refractivity contribution in [2.24, 2.45) is 5.73 Å². The van der Waals surface area contributed by atoms with E-state index in [-0.39, 0.29) is 42.9 Å². The lowest BCUT2D eigenvalue weighted by Crippen LogP contribution is -2.55. The zero-order valence-corrected chi connectivity index (χ0v) is 17.3. The van der Waals surface area contributed by atoms with Crippen LogP contribution in [0.15, 0.2) is 18.2 Å². The Morgan fingerprint density at radius 1 is 1.29 bits per heavy atom. The van der Waals surface area contributed by atoms with Gasteiger partial charge >= 0.3 is 6.61 Å². The number of anilines is 2. The Labute approximate surface area is 179 Å². The van der Waals surface area contributed by atoms with Gasteiger partial charge in [0.1, 0.15) is 12.6 Å². The van der Waals surface area contributed by atoms with Gasteiger partial charge < -0.3 is 25.4 Å². The predicted molar refractivity (Wildman–Crippen MR) is 110 cm³/mol. The van der Waals surface area contributed by atoms with Gasteiger partial charge in [0.05, 0.1) is 12.3 Å². The lowest BCUT2D eigenvalue weighted by atomic mass is 9.90. The molecule has 0 unspecified atom stereocenters. The highest BCUT2D eigenvalue weighted by Gasteiger charge is 2.42. The van der Waals surface area contributed by atoms with Crippen molar-refractivity contribution in [1.29, 1.82) is 0 Å². The third kappa shape index (κ3) is 4.97. The van der Waals surface area contributed by atoms with Gasteiger partial charge in [0.15, 0.2) is 5.75 Å². The SMILES string of the molecule is NC[C@H](C(=O)Nc1ccc(N2CCOCC2=O)c(OC(F)F)c1)N(C1CCC1)C1CC1. The topological polar surface area (TPSA) is 97.1 Å². The molecule has 3 aliphatic rings. The highest BCUT2D eigenvalue weighted by Crippen LogP contribution is 2.38. The molecular formula is C21H28F2N4O4. The van der Waals surface area contributed by atoms with E-state index in [1.807, 2.05) is 0 Å². The number of nitrogens with two attached hydrogens (primary N) is 1. The van der Waals surface area contributed by atoms with Crippen molar-refractivity contribution in [3.63, 3.8) is 0 Å². The number of nitrogens with zero attached hydrogens (tertiary/aromatic N) is 2. The minimum Gasteiger partial charge on any atom is -0.433 e. The van der Waals surface area contributed by atoms with Crippen LogP contribution in [0.3, 0.4) is 0 Å². The Kier molecular flexibility index (Phi) is 6.68. The number of carbonyl (C=O) groups is 2. The first-order valence-electron chi connectivity index (χ1n) is 10.7. The minimum absolute atomic E-state index is 0.122. The molecule has 3 N–H and O–H groups in total. The average Bonchev–Trinajstić information content (AvgIpc) is 3.52. The summed E-state index contributed by atoms with van der Waals surface area (Å²) in [5.41, 5.74) is 6.49. The largest absolute Gasteiger partial charge is 0.433 e. The molecule has 10 heteroatoms. The van der Waals surface area contributed by atoms with Crippen LogP contribution in [0.2, 0.25) is 0 Å². The second-order valence-electron chi connectivity index (χ2n) is 8.16. The first-order valence-corrected chi connectivity index (χ1v) is 10.7. The van der Waals surface area contributed by atoms with Gasteiger partial charge in [-0.1, -0.05) is 6.42 Å². The Morgan fingerprint density at radius 2 is 2.03 bits per heavy atom. The predicted octanol–water partition coefficient (Wildman–Crippen LogP) is 1.93. The van der Waals surface area contributed by atoms with E-state index < -0.39 is 12.7 Å². The molecule has 2 amide bonds. The van der Waals surface area contributed by atoms with Gasteiger partial charge in [0.25, 0.3) is 5.91 Å². The Hall–Kier alpha value is -2.30. The fourth-order valence-electron chi connectivity index (χ4n) is 4.23. The van der Waals surface area contributed by atoms with Crippen molar-refractivity contribution >= 4 is 23.2 Å². The van der Waals surface area contributed by atoms with E-state index in [9.17, 15) is 18.4 Å². The number of morpholine rings is 1. The normalized spacial score (nSPS) is 20.7. The van der Waals surface area contributed by atoms with Crippen LogP contribution in [0.4, 0.5) is 20.2 Å². The van der Waals surface area contributed by atoms with E-state index in [2.05, 4.69) is 15.0 Å². The van der Waals surface area contributed by atoms with Gasteiger partial charge in [0, 0.05) is 36.9 Å². The van der Waals surface area contributed by atoms with Gasteiger partial charge in [-0.25, -0.2) is 0 Å². The summed E-state index contributed by atoms with van der Waals surface area (Å²) in [5, 5.41) is 2.80. The van der Waals surface area contributed by atoms with E-state index in [0.29, 0.717) is 24.4 Å². The van der Waals surface area contributed by atoms with Crippen molar-refractivity contribution in [3.05, 3.63) is 18.2 Å². The molecule has 0 bridgehead atoms. The zero-order chi connectivity index (χ0) is 22.0. The highest BCUT2D eigenvalue weighted by molar-refractivity contribution is 5.98. The molecule has 1 saturated heterocycles. The van der Waals surface area contributed by atoms with Gasteiger partial charge in [-0.15, -0.1) is 0 Å². The van der Waals surface area contributed by atoms with Crippen molar-refractivity contribution in [1.82, 2.24) is 4.90 Å². The van der Waals surface area contributed by atoms with Crippen LogP contribution in [0.5, 0.6) is 5.75 Å². The summed E-state index contributed by atoms with van der Waals surface area (Å²) >= 11 is 0. The molecule has 1 aromatic carbocycles. The van der Waals surface area contributed by atoms with Crippen LogP contribution >= 0.6 is 0 Å². The molecule has 31 heavy (non-hydrogen) atoms. The molecular weight excluding hydrogens is 410 g/mol. The Balaban J connectivity index is 1.52. The minimum atomic E-state index is -3.07. The Morgan fingerprint density at radius 3 is 2.61 bits per heavy atom. The van der Waals surface area contributed by atoms with E-state index in [4.69, 9.17) is 10.5 Å². The standard InChI is InChI=1S/C21H28F2N4O4/c22-21(23)31-18-10-13(4-7-16(18)26-8-9-30-12-19(26)28)25-20(29)17(11-24)27(15-5-6-15)14-2-1-3-14/h4,7,10,14-15,17,21H,1-3,5-6,8-9,11-12,24H2,(H,25,29)/t17-/m1/s1. The van der Waals surface area contributed by atoms with E-state index >= 15 is 0 Å². The summed E-state index contributed by atoms with van der Waals surface area (Å²) in [6, 6.07) is 4.68. The molecule has 170 valence electrons. The van der Waals surface area contributed by atoms with Gasteiger partial charge in [0.2, 0.25) is 5.91 Å². The molecule has 8 nitrogen and oxygen atoms in total. The van der Waals surface area contributed by atoms with Crippen LogP contribution in [0.1, 0.15) is 32.1 Å². The fourth-order valence-corrected chi connectivity index (χ4v) is 4.23. The van der Waals surface area contributed by atoms with E-state index in [1.54, 1.807) is 6.07 Å². The van der Waals surface area contributed by atoms with Crippen LogP contribution in [0.25, 0.3) is 0 Å². The van der Waals surface area contributed by atoms with Crippen molar-refractivity contribution in [3.8, 4) is 5.75 Å². The monoisotopic (exact) mass is 438 g/mol. The molecule has 0 spiro atoms. The quantitative estimate of drug-likeness (QED) is 0.612. The molecule has 1 atom stereocenters. The molecule has 1 aromatic rings. The van der Waals surface area contributed by atoms with E-state index in [0.717, 1.165) is 32.1 Å². The van der Waals surface area contributed by atoms with Gasteiger partial charge in [-0.05, 0) is 37.8 Å². The molecule has 2 aliphatic carbocycles. The maximum absolute atomic E-state index is 13.0. The summed E-state index contributed by atoms with van der Waals surface area (Å²) in [6.45, 7) is -2.48. The first-order chi connectivity index (χ1) is 15.0. The van der Waals surface area contributed by atoms with Crippen LogP contribution in [-0.4, -0.2) is 67.8 Å². The second-order valence-corrected chi connectivity index (χ2v) is 8.16. The molecule has 1 heterocycles. The molecule has 0 aromatic heterocycles. The van der Waals surface area contributed by atoms with Crippen molar-refractivity contribution < 1.29 is 27.8 Å². The molecule has 4 rings (SSSR count). The van der Waals surface area contributed by atoms with Gasteiger partial charge in [-0.2, -0.15) is 8.78 Å². The summed E-state index contributed by atoms with van der Waals surface area (Å²) < 4.78 is 35.8. The average molecular weight is 438 g/mol. The summed E-state index contributed by atoms with van der Waals surface area (Å²) in [7, 11) is 0. The fraction of sp³-hybridized carbons (Fsp3) is 0.619. The summed E-state index contributed by atoms with van der Waals surface area (Å²) in [5.74, 6) is -0.782. The number of amides is 2. The number of halogens is 2. The first kappa shape index (κ1) is 21.9. The molecule has 0 radical (unpaired) electrons. The highest BCUT2D eigenvalue weighted by atomic mass is 19.3. The number of ether oxygens (including phenoxy) is 2. The van der Waals surface area contributed by atoms with Crippen LogP contribution in [-0.2, 0) is 14.3 Å². The van der Waals surface area contributed by atoms with Crippen molar-refractivity contribution in [2.45, 2.75) is 56.8 Å². The van der Waals surface area contributed by atoms with Crippen molar-refractivity contribution in [2.75, 3.05) is 36.5 Å². The smallest absolute Gasteiger partial charge is 0.387 e. The molecule has 2 saturated carbocycles. The van der Waals surface area contributed by atoms with Crippen LogP contribution in [0, 0.1) is 0 Å². The van der Waals surface area contributed by atoms with E-state index in [1.165, 1.54) is 17.0 Å². The lowest BCUT2D eigenvalue weighted by molar-refractivity contribution is -0.126. The maximum Gasteiger partial charge on any atom is 0.387 e. The third-order valence-electron chi connectivity index (χ3n) is 6.07. The second kappa shape index (κ2) is 9.46. The number of benzene rings is 1.